The van der Waals surface area contributed by atoms with E-state index in [9.17, 15) is 10.4 Å². The van der Waals surface area contributed by atoms with Crippen molar-refractivity contribution in [3.05, 3.63) is 23.8 Å². The smallest absolute Gasteiger partial charge is 0.103 e. The van der Waals surface area contributed by atoms with Crippen molar-refractivity contribution in [3.63, 3.8) is 0 Å². The molecule has 1 saturated heterocycles. The Labute approximate surface area is 112 Å². The SMILES string of the molecule is CCSc1cccc(N2CCC(O)CC2)c1C#N. The molecule has 1 heterocycles. The summed E-state index contributed by atoms with van der Waals surface area (Å²) in [6.07, 6.45) is 1.39. The number of aliphatic hydroxyl groups is 1. The molecule has 96 valence electrons. The predicted octanol–water partition coefficient (Wildman–Crippen LogP) is 2.63. The van der Waals surface area contributed by atoms with Crippen LogP contribution < -0.4 is 4.90 Å². The standard InChI is InChI=1S/C14H18N2OS/c1-2-18-14-5-3-4-13(12(14)10-15)16-8-6-11(17)7-9-16/h3-5,11,17H,2,6-9H2,1H3. The van der Waals surface area contributed by atoms with Crippen LogP contribution in [0.2, 0.25) is 0 Å². The van der Waals surface area contributed by atoms with Gasteiger partial charge in [-0.05, 0) is 30.7 Å². The molecule has 1 fully saturated rings. The van der Waals surface area contributed by atoms with Crippen LogP contribution in [-0.4, -0.2) is 30.1 Å². The number of rotatable bonds is 3. The molecule has 1 N–H and O–H groups in total. The van der Waals surface area contributed by atoms with E-state index in [1.54, 1.807) is 11.8 Å². The fourth-order valence-electron chi connectivity index (χ4n) is 2.28. The Morgan fingerprint density at radius 2 is 2.17 bits per heavy atom. The largest absolute Gasteiger partial charge is 0.393 e. The maximum atomic E-state index is 9.54. The van der Waals surface area contributed by atoms with Gasteiger partial charge in [0.25, 0.3) is 0 Å². The first-order chi connectivity index (χ1) is 8.76. The van der Waals surface area contributed by atoms with Crippen molar-refractivity contribution in [3.8, 4) is 6.07 Å². The maximum absolute atomic E-state index is 9.54. The van der Waals surface area contributed by atoms with Crippen molar-refractivity contribution in [2.75, 3.05) is 23.7 Å². The quantitative estimate of drug-likeness (QED) is 0.851. The molecule has 0 aliphatic carbocycles. The van der Waals surface area contributed by atoms with Gasteiger partial charge < -0.3 is 10.0 Å². The lowest BCUT2D eigenvalue weighted by Crippen LogP contribution is -2.36. The van der Waals surface area contributed by atoms with Gasteiger partial charge in [0, 0.05) is 18.0 Å². The molecular formula is C14H18N2OS. The third-order valence-corrected chi connectivity index (χ3v) is 4.16. The summed E-state index contributed by atoms with van der Waals surface area (Å²) >= 11 is 1.71. The van der Waals surface area contributed by atoms with E-state index >= 15 is 0 Å². The molecule has 2 rings (SSSR count). The molecule has 1 aliphatic rings. The second kappa shape index (κ2) is 6.12. The van der Waals surface area contributed by atoms with E-state index in [2.05, 4.69) is 17.9 Å². The molecule has 0 bridgehead atoms. The van der Waals surface area contributed by atoms with Crippen LogP contribution >= 0.6 is 11.8 Å². The zero-order valence-corrected chi connectivity index (χ0v) is 11.4. The lowest BCUT2D eigenvalue weighted by molar-refractivity contribution is 0.145. The number of nitriles is 1. The average Bonchev–Trinajstić information content (AvgIpc) is 2.40. The van der Waals surface area contributed by atoms with Gasteiger partial charge in [0.2, 0.25) is 0 Å². The summed E-state index contributed by atoms with van der Waals surface area (Å²) in [5.41, 5.74) is 1.79. The van der Waals surface area contributed by atoms with Crippen molar-refractivity contribution >= 4 is 17.4 Å². The Kier molecular flexibility index (Phi) is 4.51. The number of thioether (sulfide) groups is 1. The first-order valence-corrected chi connectivity index (χ1v) is 7.33. The molecule has 0 aromatic heterocycles. The van der Waals surface area contributed by atoms with Gasteiger partial charge in [-0.2, -0.15) is 5.26 Å². The lowest BCUT2D eigenvalue weighted by Gasteiger charge is -2.32. The summed E-state index contributed by atoms with van der Waals surface area (Å²) in [5.74, 6) is 0.969. The van der Waals surface area contributed by atoms with Gasteiger partial charge in [-0.15, -0.1) is 11.8 Å². The minimum atomic E-state index is -0.181. The van der Waals surface area contributed by atoms with E-state index < -0.39 is 0 Å². The van der Waals surface area contributed by atoms with E-state index in [1.807, 2.05) is 18.2 Å². The van der Waals surface area contributed by atoms with Crippen LogP contribution in [0.3, 0.4) is 0 Å². The number of piperidine rings is 1. The minimum Gasteiger partial charge on any atom is -0.393 e. The van der Waals surface area contributed by atoms with Crippen molar-refractivity contribution in [2.45, 2.75) is 30.8 Å². The van der Waals surface area contributed by atoms with Crippen LogP contribution in [-0.2, 0) is 0 Å². The fourth-order valence-corrected chi connectivity index (χ4v) is 3.06. The third-order valence-electron chi connectivity index (χ3n) is 3.22. The molecule has 0 saturated carbocycles. The molecular weight excluding hydrogens is 244 g/mol. The summed E-state index contributed by atoms with van der Waals surface area (Å²) in [5, 5.41) is 18.9. The Hall–Kier alpha value is -1.18. The minimum absolute atomic E-state index is 0.181. The molecule has 3 nitrogen and oxygen atoms in total. The van der Waals surface area contributed by atoms with Crippen LogP contribution in [0.4, 0.5) is 5.69 Å². The summed E-state index contributed by atoms with van der Waals surface area (Å²) < 4.78 is 0. The van der Waals surface area contributed by atoms with Gasteiger partial charge in [-0.25, -0.2) is 0 Å². The van der Waals surface area contributed by atoms with Crippen molar-refractivity contribution in [1.29, 1.82) is 5.26 Å². The summed E-state index contributed by atoms with van der Waals surface area (Å²) in [4.78, 5) is 3.27. The van der Waals surface area contributed by atoms with Crippen LogP contribution in [0.5, 0.6) is 0 Å². The number of aliphatic hydroxyl groups excluding tert-OH is 1. The third kappa shape index (κ3) is 2.80. The monoisotopic (exact) mass is 262 g/mol. The normalized spacial score (nSPS) is 16.6. The highest BCUT2D eigenvalue weighted by molar-refractivity contribution is 7.99. The molecule has 0 radical (unpaired) electrons. The van der Waals surface area contributed by atoms with E-state index in [0.29, 0.717) is 0 Å². The summed E-state index contributed by atoms with van der Waals surface area (Å²) in [6, 6.07) is 8.36. The lowest BCUT2D eigenvalue weighted by atomic mass is 10.1. The first kappa shape index (κ1) is 13.3. The van der Waals surface area contributed by atoms with Crippen LogP contribution in [0.15, 0.2) is 23.1 Å². The Morgan fingerprint density at radius 1 is 1.44 bits per heavy atom. The number of benzene rings is 1. The number of hydrogen-bond donors (Lipinski definition) is 1. The van der Waals surface area contributed by atoms with E-state index in [0.717, 1.165) is 47.8 Å². The Bertz CT molecular complexity index is 448. The molecule has 0 amide bonds. The average molecular weight is 262 g/mol. The Balaban J connectivity index is 2.27. The molecule has 1 aliphatic heterocycles. The summed E-state index contributed by atoms with van der Waals surface area (Å²) in [6.45, 7) is 3.75. The predicted molar refractivity (Wildman–Crippen MR) is 75.0 cm³/mol. The number of nitrogens with zero attached hydrogens (tertiary/aromatic N) is 2. The molecule has 1 aromatic carbocycles. The number of hydrogen-bond acceptors (Lipinski definition) is 4. The molecule has 4 heteroatoms. The van der Waals surface area contributed by atoms with Crippen LogP contribution in [0, 0.1) is 11.3 Å². The maximum Gasteiger partial charge on any atom is 0.103 e. The van der Waals surface area contributed by atoms with Gasteiger partial charge in [-0.1, -0.05) is 13.0 Å². The molecule has 18 heavy (non-hydrogen) atoms. The summed E-state index contributed by atoms with van der Waals surface area (Å²) in [7, 11) is 0. The van der Waals surface area contributed by atoms with E-state index in [-0.39, 0.29) is 6.10 Å². The van der Waals surface area contributed by atoms with Crippen molar-refractivity contribution in [1.82, 2.24) is 0 Å². The second-order valence-electron chi connectivity index (χ2n) is 4.41. The molecule has 0 spiro atoms. The van der Waals surface area contributed by atoms with Crippen LogP contribution in [0.25, 0.3) is 0 Å². The topological polar surface area (TPSA) is 47.3 Å². The van der Waals surface area contributed by atoms with Gasteiger partial charge >= 0.3 is 0 Å². The van der Waals surface area contributed by atoms with Gasteiger partial charge in [0.15, 0.2) is 0 Å². The van der Waals surface area contributed by atoms with Crippen LogP contribution in [0.1, 0.15) is 25.3 Å². The van der Waals surface area contributed by atoms with Gasteiger partial charge in [0.05, 0.1) is 17.4 Å². The second-order valence-corrected chi connectivity index (χ2v) is 5.72. The van der Waals surface area contributed by atoms with Gasteiger partial charge in [0.1, 0.15) is 6.07 Å². The fraction of sp³-hybridized carbons (Fsp3) is 0.500. The highest BCUT2D eigenvalue weighted by Gasteiger charge is 2.20. The highest BCUT2D eigenvalue weighted by Crippen LogP contribution is 2.31. The zero-order chi connectivity index (χ0) is 13.0. The first-order valence-electron chi connectivity index (χ1n) is 6.35. The van der Waals surface area contributed by atoms with E-state index in [1.165, 1.54) is 0 Å². The highest BCUT2D eigenvalue weighted by atomic mass is 32.2. The van der Waals surface area contributed by atoms with Crippen molar-refractivity contribution in [2.24, 2.45) is 0 Å². The molecule has 1 aromatic rings. The number of anilines is 1. The molecule has 0 unspecified atom stereocenters. The van der Waals surface area contributed by atoms with Gasteiger partial charge in [-0.3, -0.25) is 0 Å². The zero-order valence-electron chi connectivity index (χ0n) is 10.6. The Morgan fingerprint density at radius 3 is 2.78 bits per heavy atom. The van der Waals surface area contributed by atoms with E-state index in [4.69, 9.17) is 0 Å². The molecule has 0 atom stereocenters. The van der Waals surface area contributed by atoms with Crippen molar-refractivity contribution < 1.29 is 5.11 Å².